The van der Waals surface area contributed by atoms with E-state index >= 15 is 0 Å². The Kier molecular flexibility index (Phi) is 10.7. The van der Waals surface area contributed by atoms with Crippen molar-refractivity contribution in [2.45, 2.75) is 51.5 Å². The van der Waals surface area contributed by atoms with Crippen molar-refractivity contribution in [1.29, 1.82) is 0 Å². The Balaban J connectivity index is 1.62. The third-order valence-electron chi connectivity index (χ3n) is 7.79. The van der Waals surface area contributed by atoms with Crippen LogP contribution in [0.4, 0.5) is 24.8 Å². The van der Waals surface area contributed by atoms with Crippen molar-refractivity contribution in [3.63, 3.8) is 0 Å². The number of halogens is 3. The van der Waals surface area contributed by atoms with Gasteiger partial charge in [0.2, 0.25) is 11.8 Å². The molecule has 2 heterocycles. The van der Waals surface area contributed by atoms with Crippen molar-refractivity contribution in [3.05, 3.63) is 113 Å². The SMILES string of the molecule is Cc1cc(OCC#Cc2ccc3c(c2)C(=O)N(C(CC(=O)OC(=O)C(F)(F)F)c2ccccc2)C(c2ccccc2)C(=O)N3C(C)C)nc(N)n1. The number of aromatic nitrogens is 2. The molecule has 3 aromatic carbocycles. The first-order chi connectivity index (χ1) is 24.2. The minimum absolute atomic E-state index is 0.0406. The van der Waals surface area contributed by atoms with Crippen molar-refractivity contribution in [3.8, 4) is 17.7 Å². The maximum atomic E-state index is 14.9. The Morgan fingerprint density at radius 1 is 0.961 bits per heavy atom. The number of anilines is 2. The van der Waals surface area contributed by atoms with Crippen LogP contribution in [-0.4, -0.2) is 57.4 Å². The van der Waals surface area contributed by atoms with E-state index in [0.29, 0.717) is 22.4 Å². The largest absolute Gasteiger partial charge is 0.491 e. The molecule has 0 spiro atoms. The maximum Gasteiger partial charge on any atom is 0.491 e. The minimum Gasteiger partial charge on any atom is -0.464 e. The van der Waals surface area contributed by atoms with Crippen molar-refractivity contribution in [2.75, 3.05) is 17.2 Å². The Labute approximate surface area is 291 Å². The standard InChI is InChI=1S/C37H32F3N5O6/c1-22(2)44-28-17-16-24(11-10-18-50-30-19-23(3)42-36(41)43-30)20-27(28)33(47)45(32(34(44)48)26-14-8-5-9-15-26)29(25-12-6-4-7-13-25)21-31(46)51-35(49)37(38,39)40/h4-9,12-17,19-20,22,29,32H,18,21H2,1-3H3,(H2,41,42,43). The number of aryl methyl sites for hydroxylation is 1. The van der Waals surface area contributed by atoms with Crippen LogP contribution in [0, 0.1) is 18.8 Å². The molecular formula is C37H32F3N5O6. The van der Waals surface area contributed by atoms with Crippen LogP contribution >= 0.6 is 0 Å². The summed E-state index contributed by atoms with van der Waals surface area (Å²) in [5, 5.41) is 0. The van der Waals surface area contributed by atoms with Gasteiger partial charge in [-0.15, -0.1) is 0 Å². The van der Waals surface area contributed by atoms with E-state index in [2.05, 4.69) is 26.5 Å². The van der Waals surface area contributed by atoms with Gasteiger partial charge in [-0.05, 0) is 50.1 Å². The van der Waals surface area contributed by atoms with Crippen molar-refractivity contribution in [2.24, 2.45) is 0 Å². The highest BCUT2D eigenvalue weighted by Gasteiger charge is 2.47. The first-order valence-electron chi connectivity index (χ1n) is 15.7. The molecule has 1 aliphatic heterocycles. The summed E-state index contributed by atoms with van der Waals surface area (Å²) in [4.78, 5) is 64.8. The van der Waals surface area contributed by atoms with Gasteiger partial charge in [-0.2, -0.15) is 18.2 Å². The van der Waals surface area contributed by atoms with Gasteiger partial charge >= 0.3 is 18.1 Å². The first kappa shape index (κ1) is 36.1. The molecule has 2 N–H and O–H groups in total. The van der Waals surface area contributed by atoms with Crippen LogP contribution in [0.5, 0.6) is 5.88 Å². The number of amides is 2. The van der Waals surface area contributed by atoms with Gasteiger partial charge in [-0.3, -0.25) is 14.4 Å². The summed E-state index contributed by atoms with van der Waals surface area (Å²) in [6, 6.07) is 19.5. The van der Waals surface area contributed by atoms with Crippen LogP contribution in [0.15, 0.2) is 84.9 Å². The molecule has 5 rings (SSSR count). The lowest BCUT2D eigenvalue weighted by atomic mass is 9.95. The Morgan fingerprint density at radius 2 is 1.63 bits per heavy atom. The van der Waals surface area contributed by atoms with E-state index < -0.39 is 54.5 Å². The normalized spacial score (nSPS) is 15.0. The van der Waals surface area contributed by atoms with Gasteiger partial charge in [0.1, 0.15) is 6.04 Å². The fraction of sp³-hybridized carbons (Fsp3) is 0.243. The van der Waals surface area contributed by atoms with Gasteiger partial charge in [-0.1, -0.05) is 72.5 Å². The number of rotatable bonds is 8. The highest BCUT2D eigenvalue weighted by molar-refractivity contribution is 6.12. The second-order valence-electron chi connectivity index (χ2n) is 11.7. The Hall–Kier alpha value is -6.23. The molecule has 2 atom stereocenters. The number of carbonyl (C=O) groups is 4. The number of hydrogen-bond donors (Lipinski definition) is 1. The van der Waals surface area contributed by atoms with Gasteiger partial charge in [0.05, 0.1) is 23.7 Å². The topological polar surface area (TPSA) is 145 Å². The number of carbonyl (C=O) groups excluding carboxylic acids is 4. The Morgan fingerprint density at radius 3 is 2.25 bits per heavy atom. The molecule has 51 heavy (non-hydrogen) atoms. The third kappa shape index (κ3) is 8.33. The molecule has 0 saturated heterocycles. The van der Waals surface area contributed by atoms with Gasteiger partial charge in [0.15, 0.2) is 6.61 Å². The molecule has 11 nitrogen and oxygen atoms in total. The van der Waals surface area contributed by atoms with E-state index in [-0.39, 0.29) is 29.7 Å². The monoisotopic (exact) mass is 699 g/mol. The number of hydrogen-bond acceptors (Lipinski definition) is 9. The quantitative estimate of drug-likeness (QED) is 0.143. The molecule has 0 bridgehead atoms. The lowest BCUT2D eigenvalue weighted by Crippen LogP contribution is -2.46. The smallest absolute Gasteiger partial charge is 0.464 e. The van der Waals surface area contributed by atoms with Crippen molar-refractivity contribution < 1.29 is 41.8 Å². The second kappa shape index (κ2) is 15.1. The fourth-order valence-corrected chi connectivity index (χ4v) is 5.71. The van der Waals surface area contributed by atoms with Crippen LogP contribution in [0.2, 0.25) is 0 Å². The summed E-state index contributed by atoms with van der Waals surface area (Å²) in [7, 11) is 0. The molecule has 14 heteroatoms. The van der Waals surface area contributed by atoms with Crippen molar-refractivity contribution in [1.82, 2.24) is 14.9 Å². The number of nitrogen functional groups attached to an aromatic ring is 1. The molecule has 4 aromatic rings. The van der Waals surface area contributed by atoms with Crippen LogP contribution in [0.25, 0.3) is 0 Å². The van der Waals surface area contributed by atoms with Gasteiger partial charge in [-0.25, -0.2) is 9.78 Å². The summed E-state index contributed by atoms with van der Waals surface area (Å²) >= 11 is 0. The summed E-state index contributed by atoms with van der Waals surface area (Å²) in [5.74, 6) is 0.574. The lowest BCUT2D eigenvalue weighted by molar-refractivity contribution is -0.202. The summed E-state index contributed by atoms with van der Waals surface area (Å²) < 4.78 is 48.9. The van der Waals surface area contributed by atoms with E-state index in [1.54, 1.807) is 99.6 Å². The van der Waals surface area contributed by atoms with Crippen LogP contribution in [-0.2, 0) is 19.1 Å². The molecule has 0 saturated carbocycles. The molecule has 1 aromatic heterocycles. The third-order valence-corrected chi connectivity index (χ3v) is 7.79. The van der Waals surface area contributed by atoms with Gasteiger partial charge in [0.25, 0.3) is 11.8 Å². The number of benzene rings is 3. The van der Waals surface area contributed by atoms with E-state index in [0.717, 1.165) is 4.90 Å². The predicted molar refractivity (Wildman–Crippen MR) is 179 cm³/mol. The predicted octanol–water partition coefficient (Wildman–Crippen LogP) is 5.50. The van der Waals surface area contributed by atoms with E-state index in [4.69, 9.17) is 10.5 Å². The van der Waals surface area contributed by atoms with E-state index in [9.17, 15) is 32.3 Å². The van der Waals surface area contributed by atoms with Gasteiger partial charge in [0, 0.05) is 23.4 Å². The molecule has 2 amide bonds. The van der Waals surface area contributed by atoms with Gasteiger partial charge < -0.3 is 25.0 Å². The number of nitrogens with zero attached hydrogens (tertiary/aromatic N) is 4. The number of ether oxygens (including phenoxy) is 2. The highest BCUT2D eigenvalue weighted by Crippen LogP contribution is 2.42. The molecule has 262 valence electrons. The summed E-state index contributed by atoms with van der Waals surface area (Å²) in [6.07, 6.45) is -6.31. The lowest BCUT2D eigenvalue weighted by Gasteiger charge is -2.37. The summed E-state index contributed by atoms with van der Waals surface area (Å²) in [6.45, 7) is 5.18. The molecular weight excluding hydrogens is 667 g/mol. The number of fused-ring (bicyclic) bond motifs is 1. The van der Waals surface area contributed by atoms with E-state index in [1.165, 1.54) is 11.0 Å². The summed E-state index contributed by atoms with van der Waals surface area (Å²) in [5.41, 5.74) is 7.66. The average molecular weight is 700 g/mol. The molecule has 1 aliphatic rings. The molecule has 0 fully saturated rings. The minimum atomic E-state index is -5.43. The molecule has 2 unspecified atom stereocenters. The maximum absolute atomic E-state index is 14.9. The highest BCUT2D eigenvalue weighted by atomic mass is 19.4. The zero-order valence-corrected chi connectivity index (χ0v) is 27.7. The van der Waals surface area contributed by atoms with Crippen LogP contribution < -0.4 is 15.4 Å². The molecule has 0 aliphatic carbocycles. The fourth-order valence-electron chi connectivity index (χ4n) is 5.71. The number of esters is 2. The Bertz CT molecular complexity index is 1990. The number of nitrogens with two attached hydrogens (primary N) is 1. The van der Waals surface area contributed by atoms with Crippen molar-refractivity contribution >= 4 is 35.4 Å². The molecule has 0 radical (unpaired) electrons. The second-order valence-corrected chi connectivity index (χ2v) is 11.7. The average Bonchev–Trinajstić information content (AvgIpc) is 3.17. The first-order valence-corrected chi connectivity index (χ1v) is 15.7. The zero-order chi connectivity index (χ0) is 36.9. The zero-order valence-electron chi connectivity index (χ0n) is 27.7. The van der Waals surface area contributed by atoms with Crippen LogP contribution in [0.1, 0.15) is 65.1 Å². The van der Waals surface area contributed by atoms with Crippen LogP contribution in [0.3, 0.4) is 0 Å². The number of alkyl halides is 3. The van der Waals surface area contributed by atoms with E-state index in [1.807, 2.05) is 0 Å².